The highest BCUT2D eigenvalue weighted by Gasteiger charge is 2.32. The van der Waals surface area contributed by atoms with E-state index in [4.69, 9.17) is 4.52 Å². The Labute approximate surface area is 108 Å². The number of carbonyl (C=O) groups is 1. The molecule has 1 aliphatic rings. The van der Waals surface area contributed by atoms with E-state index in [1.165, 1.54) is 0 Å². The van der Waals surface area contributed by atoms with Crippen molar-refractivity contribution in [3.63, 3.8) is 0 Å². The molecule has 2 amide bonds. The lowest BCUT2D eigenvalue weighted by atomic mass is 10.1. The van der Waals surface area contributed by atoms with Gasteiger partial charge in [-0.15, -0.1) is 0 Å². The van der Waals surface area contributed by atoms with Crippen molar-refractivity contribution in [2.24, 2.45) is 0 Å². The first-order valence-electron chi connectivity index (χ1n) is 6.62. The van der Waals surface area contributed by atoms with Crippen molar-refractivity contribution >= 4 is 6.03 Å². The summed E-state index contributed by atoms with van der Waals surface area (Å²) >= 11 is 0. The summed E-state index contributed by atoms with van der Waals surface area (Å²) in [6.45, 7) is 6.76. The zero-order chi connectivity index (χ0) is 13.1. The number of aryl methyl sites for hydroxylation is 1. The third-order valence-electron chi connectivity index (χ3n) is 3.47. The SMILES string of the molecule is CC[C@@H](C)NC(=O)N1CCC[C@@H]1c1cc(C)no1. The quantitative estimate of drug-likeness (QED) is 0.898. The summed E-state index contributed by atoms with van der Waals surface area (Å²) in [5.74, 6) is 0.796. The van der Waals surface area contributed by atoms with Crippen molar-refractivity contribution < 1.29 is 9.32 Å². The first-order chi connectivity index (χ1) is 8.61. The molecule has 2 atom stereocenters. The molecule has 0 radical (unpaired) electrons. The van der Waals surface area contributed by atoms with Crippen LogP contribution in [0.2, 0.25) is 0 Å². The average Bonchev–Trinajstić information content (AvgIpc) is 2.96. The van der Waals surface area contributed by atoms with E-state index >= 15 is 0 Å². The van der Waals surface area contributed by atoms with Crippen LogP contribution in [-0.4, -0.2) is 28.7 Å². The molecule has 1 N–H and O–H groups in total. The predicted molar refractivity (Wildman–Crippen MR) is 68.2 cm³/mol. The Kier molecular flexibility index (Phi) is 3.89. The van der Waals surface area contributed by atoms with Gasteiger partial charge in [-0.05, 0) is 33.1 Å². The molecule has 0 bridgehead atoms. The van der Waals surface area contributed by atoms with Gasteiger partial charge in [0.1, 0.15) is 0 Å². The Bertz CT molecular complexity index is 416. The number of amides is 2. The highest BCUT2D eigenvalue weighted by Crippen LogP contribution is 2.32. The standard InChI is InChI=1S/C13H21N3O2/c1-4-9(2)14-13(17)16-7-5-6-11(16)12-8-10(3)15-18-12/h8-9,11H,4-7H2,1-3H3,(H,14,17)/t9-,11-/m1/s1. The van der Waals surface area contributed by atoms with Crippen molar-refractivity contribution in [3.8, 4) is 0 Å². The highest BCUT2D eigenvalue weighted by molar-refractivity contribution is 5.75. The Morgan fingerprint density at radius 1 is 1.72 bits per heavy atom. The number of likely N-dealkylation sites (tertiary alicyclic amines) is 1. The van der Waals surface area contributed by atoms with Crippen LogP contribution in [0.4, 0.5) is 4.79 Å². The lowest BCUT2D eigenvalue weighted by Crippen LogP contribution is -2.43. The summed E-state index contributed by atoms with van der Waals surface area (Å²) in [6.07, 6.45) is 2.90. The fourth-order valence-corrected chi connectivity index (χ4v) is 2.24. The minimum absolute atomic E-state index is 0.000836. The van der Waals surface area contributed by atoms with Crippen LogP contribution in [0.1, 0.15) is 50.6 Å². The molecular weight excluding hydrogens is 230 g/mol. The molecule has 0 saturated carbocycles. The molecule has 2 heterocycles. The maximum absolute atomic E-state index is 12.2. The summed E-state index contributed by atoms with van der Waals surface area (Å²) in [5.41, 5.74) is 0.860. The molecule has 2 rings (SSSR count). The maximum atomic E-state index is 12.2. The second kappa shape index (κ2) is 5.42. The van der Waals surface area contributed by atoms with Crippen molar-refractivity contribution in [2.45, 2.75) is 52.1 Å². The number of urea groups is 1. The van der Waals surface area contributed by atoms with Crippen LogP contribution in [0.25, 0.3) is 0 Å². The Hall–Kier alpha value is -1.52. The van der Waals surface area contributed by atoms with Crippen molar-refractivity contribution in [3.05, 3.63) is 17.5 Å². The zero-order valence-corrected chi connectivity index (χ0v) is 11.3. The van der Waals surface area contributed by atoms with E-state index in [0.717, 1.165) is 37.3 Å². The monoisotopic (exact) mass is 251 g/mol. The van der Waals surface area contributed by atoms with Crippen LogP contribution >= 0.6 is 0 Å². The van der Waals surface area contributed by atoms with Gasteiger partial charge in [-0.3, -0.25) is 0 Å². The number of hydrogen-bond donors (Lipinski definition) is 1. The molecule has 1 aromatic rings. The van der Waals surface area contributed by atoms with Gasteiger partial charge in [0, 0.05) is 18.7 Å². The molecule has 0 aromatic carbocycles. The van der Waals surface area contributed by atoms with E-state index < -0.39 is 0 Å². The zero-order valence-electron chi connectivity index (χ0n) is 11.3. The van der Waals surface area contributed by atoms with Gasteiger partial charge >= 0.3 is 6.03 Å². The van der Waals surface area contributed by atoms with Crippen molar-refractivity contribution in [1.82, 2.24) is 15.4 Å². The molecule has 0 aliphatic carbocycles. The van der Waals surface area contributed by atoms with Crippen molar-refractivity contribution in [2.75, 3.05) is 6.54 Å². The minimum atomic E-state index is 0.000836. The molecule has 1 aromatic heterocycles. The fraction of sp³-hybridized carbons (Fsp3) is 0.692. The van der Waals surface area contributed by atoms with Gasteiger partial charge in [-0.1, -0.05) is 12.1 Å². The van der Waals surface area contributed by atoms with Gasteiger partial charge in [0.2, 0.25) is 0 Å². The molecule has 1 saturated heterocycles. The van der Waals surface area contributed by atoms with Gasteiger partial charge < -0.3 is 14.7 Å². The summed E-state index contributed by atoms with van der Waals surface area (Å²) < 4.78 is 5.29. The Morgan fingerprint density at radius 2 is 2.50 bits per heavy atom. The molecule has 1 fully saturated rings. The van der Waals surface area contributed by atoms with E-state index in [1.54, 1.807) is 0 Å². The van der Waals surface area contributed by atoms with Gasteiger partial charge in [-0.25, -0.2) is 4.79 Å². The lowest BCUT2D eigenvalue weighted by molar-refractivity contribution is 0.179. The first kappa shape index (κ1) is 12.9. The van der Waals surface area contributed by atoms with Gasteiger partial charge in [0.15, 0.2) is 5.76 Å². The lowest BCUT2D eigenvalue weighted by Gasteiger charge is -2.24. The Balaban J connectivity index is 2.05. The number of aromatic nitrogens is 1. The number of carbonyl (C=O) groups excluding carboxylic acids is 1. The summed E-state index contributed by atoms with van der Waals surface area (Å²) in [7, 11) is 0. The van der Waals surface area contributed by atoms with E-state index in [-0.39, 0.29) is 18.1 Å². The topological polar surface area (TPSA) is 58.4 Å². The molecule has 0 unspecified atom stereocenters. The predicted octanol–water partition coefficient (Wildman–Crippen LogP) is 2.63. The number of rotatable bonds is 3. The van der Waals surface area contributed by atoms with Gasteiger partial charge in [0.25, 0.3) is 0 Å². The number of nitrogens with zero attached hydrogens (tertiary/aromatic N) is 2. The largest absolute Gasteiger partial charge is 0.359 e. The van der Waals surface area contributed by atoms with E-state index in [9.17, 15) is 4.79 Å². The molecule has 5 heteroatoms. The average molecular weight is 251 g/mol. The van der Waals surface area contributed by atoms with Crippen LogP contribution in [0.3, 0.4) is 0 Å². The summed E-state index contributed by atoms with van der Waals surface area (Å²) in [4.78, 5) is 14.0. The molecule has 18 heavy (non-hydrogen) atoms. The number of hydrogen-bond acceptors (Lipinski definition) is 3. The van der Waals surface area contributed by atoms with Crippen LogP contribution in [-0.2, 0) is 0 Å². The molecule has 100 valence electrons. The number of nitrogens with one attached hydrogen (secondary N) is 1. The Morgan fingerprint density at radius 3 is 3.11 bits per heavy atom. The normalized spacial score (nSPS) is 21.1. The summed E-state index contributed by atoms with van der Waals surface area (Å²) in [6, 6.07) is 2.16. The molecular formula is C13H21N3O2. The van der Waals surface area contributed by atoms with Gasteiger partial charge in [0.05, 0.1) is 11.7 Å². The van der Waals surface area contributed by atoms with E-state index in [1.807, 2.05) is 24.8 Å². The second-order valence-corrected chi connectivity index (χ2v) is 4.98. The molecule has 1 aliphatic heterocycles. The minimum Gasteiger partial charge on any atom is -0.359 e. The van der Waals surface area contributed by atoms with Crippen LogP contribution < -0.4 is 5.32 Å². The second-order valence-electron chi connectivity index (χ2n) is 4.98. The molecule has 5 nitrogen and oxygen atoms in total. The highest BCUT2D eigenvalue weighted by atomic mass is 16.5. The fourth-order valence-electron chi connectivity index (χ4n) is 2.24. The summed E-state index contributed by atoms with van der Waals surface area (Å²) in [5, 5.41) is 6.90. The van der Waals surface area contributed by atoms with Gasteiger partial charge in [-0.2, -0.15) is 0 Å². The maximum Gasteiger partial charge on any atom is 0.318 e. The van der Waals surface area contributed by atoms with E-state index in [0.29, 0.717) is 0 Å². The smallest absolute Gasteiger partial charge is 0.318 e. The third-order valence-corrected chi connectivity index (χ3v) is 3.47. The first-order valence-corrected chi connectivity index (χ1v) is 6.62. The third kappa shape index (κ3) is 2.66. The van der Waals surface area contributed by atoms with Crippen LogP contribution in [0.15, 0.2) is 10.6 Å². The van der Waals surface area contributed by atoms with Crippen LogP contribution in [0, 0.1) is 6.92 Å². The van der Waals surface area contributed by atoms with Crippen molar-refractivity contribution in [1.29, 1.82) is 0 Å². The van der Waals surface area contributed by atoms with Crippen LogP contribution in [0.5, 0.6) is 0 Å². The molecule has 0 spiro atoms. The van der Waals surface area contributed by atoms with E-state index in [2.05, 4.69) is 17.4 Å².